The molecule has 10 heterocycles. The van der Waals surface area contributed by atoms with Crippen LogP contribution in [0, 0.1) is 22.7 Å². The minimum Gasteiger partial charge on any atom is -0.350 e. The Kier molecular flexibility index (Phi) is 18.1. The van der Waals surface area contributed by atoms with Crippen molar-refractivity contribution in [1.82, 2.24) is 54.1 Å². The van der Waals surface area contributed by atoms with Crippen LogP contribution in [-0.2, 0) is 33.1 Å². The number of carbonyl (C=O) groups excluding carboxylic acids is 4. The summed E-state index contributed by atoms with van der Waals surface area (Å²) in [4.78, 5) is 69.7. The Bertz CT molecular complexity index is 3190. The summed E-state index contributed by atoms with van der Waals surface area (Å²) >= 11 is 6.11. The summed E-state index contributed by atoms with van der Waals surface area (Å²) in [7, 11) is -8.25. The van der Waals surface area contributed by atoms with E-state index in [9.17, 15) is 36.0 Å². The van der Waals surface area contributed by atoms with Crippen molar-refractivity contribution in [1.29, 1.82) is 0 Å². The molecule has 6 amide bonds. The number of pyridine rings is 2. The Morgan fingerprint density at radius 1 is 0.617 bits per heavy atom. The van der Waals surface area contributed by atoms with Gasteiger partial charge in [-0.15, -0.1) is 0 Å². The number of hydrogen-bond donors (Lipinski definition) is 3. The zero-order valence-electron chi connectivity index (χ0n) is 48.8. The van der Waals surface area contributed by atoms with Crippen molar-refractivity contribution in [2.45, 2.75) is 168 Å². The summed E-state index contributed by atoms with van der Waals surface area (Å²) in [5.41, 5.74) is 0.396. The third-order valence-electron chi connectivity index (χ3n) is 15.9. The molecule has 0 saturated carbocycles. The fraction of sp³-hybridized carbons (Fsp3) is 0.643. The second-order valence-electron chi connectivity index (χ2n) is 26.0. The number of rotatable bonds is 7. The minimum atomic E-state index is -4.17. The highest BCUT2D eigenvalue weighted by molar-refractivity contribution is 7.90. The Balaban J connectivity index is 0.000000181. The first-order chi connectivity index (χ1) is 37.9. The monoisotopic (exact) mass is 1180 g/mol. The van der Waals surface area contributed by atoms with E-state index in [0.29, 0.717) is 74.0 Å². The summed E-state index contributed by atoms with van der Waals surface area (Å²) in [6.45, 7) is 28.8. The van der Waals surface area contributed by atoms with Gasteiger partial charge in [-0.1, -0.05) is 53.1 Å². The molecule has 81 heavy (non-hydrogen) atoms. The number of hydrogen-bond acceptors (Lipinski definition) is 14. The molecule has 444 valence electrons. The molecule has 0 aromatic carbocycles. The quantitative estimate of drug-likeness (QED) is 0.148. The van der Waals surface area contributed by atoms with Gasteiger partial charge in [0.2, 0.25) is 0 Å². The maximum atomic E-state index is 13.5. The average molecular weight is 1180 g/mol. The molecule has 8 bridgehead atoms. The maximum absolute atomic E-state index is 13.5. The van der Waals surface area contributed by atoms with Gasteiger partial charge in [-0.25, -0.2) is 29.0 Å². The van der Waals surface area contributed by atoms with Crippen LogP contribution in [0.2, 0.25) is 5.15 Å². The van der Waals surface area contributed by atoms with E-state index < -0.39 is 31.9 Å². The number of anilines is 3. The maximum Gasteiger partial charge on any atom is 0.325 e. The van der Waals surface area contributed by atoms with Crippen LogP contribution in [0.15, 0.2) is 58.8 Å². The molecule has 2 atom stereocenters. The largest absolute Gasteiger partial charge is 0.350 e. The number of nitrogens with one attached hydrogen (secondary N) is 3. The predicted molar refractivity (Wildman–Crippen MR) is 311 cm³/mol. The highest BCUT2D eigenvalue weighted by Crippen LogP contribution is 2.42. The van der Waals surface area contributed by atoms with Crippen molar-refractivity contribution in [2.75, 3.05) is 67.1 Å². The van der Waals surface area contributed by atoms with Crippen molar-refractivity contribution in [3.8, 4) is 0 Å². The van der Waals surface area contributed by atoms with E-state index in [1.165, 1.54) is 30.7 Å². The molecule has 4 saturated heterocycles. The number of aromatic nitrogens is 6. The van der Waals surface area contributed by atoms with Gasteiger partial charge >= 0.3 is 12.1 Å². The highest BCUT2D eigenvalue weighted by Gasteiger charge is 2.43. The van der Waals surface area contributed by atoms with Crippen LogP contribution in [-0.4, -0.2) is 143 Å². The summed E-state index contributed by atoms with van der Waals surface area (Å²) < 4.78 is 58.7. The van der Waals surface area contributed by atoms with Crippen molar-refractivity contribution >= 4 is 73.0 Å². The Hall–Kier alpha value is -6.01. The molecule has 4 aromatic heterocycles. The number of amides is 6. The third-order valence-corrected chi connectivity index (χ3v) is 18.5. The normalized spacial score (nSPS) is 22.2. The molecule has 2 unspecified atom stereocenters. The van der Waals surface area contributed by atoms with Gasteiger partial charge in [-0.05, 0) is 151 Å². The smallest absolute Gasteiger partial charge is 0.325 e. The number of aryl methyl sites for hydroxylation is 2. The van der Waals surface area contributed by atoms with Gasteiger partial charge < -0.3 is 24.9 Å². The van der Waals surface area contributed by atoms with Crippen LogP contribution in [0.3, 0.4) is 0 Å². The lowest BCUT2D eigenvalue weighted by atomic mass is 9.90. The summed E-state index contributed by atoms with van der Waals surface area (Å²) in [6.07, 6.45) is 13.0. The molecular formula is C56H83ClN14O8S2. The molecule has 4 fully saturated rings. The Morgan fingerprint density at radius 2 is 1.10 bits per heavy atom. The first-order valence-corrected chi connectivity index (χ1v) is 31.8. The topological polar surface area (TPSA) is 250 Å². The minimum absolute atomic E-state index is 0.0941. The molecule has 3 N–H and O–H groups in total. The van der Waals surface area contributed by atoms with Crippen LogP contribution in [0.4, 0.5) is 27.0 Å². The standard InChI is InChI=1S/C28H41N7O4S.C18H22ClN5O3S.C10H20N2O/c1-27(2,3)12-7-13-32-16-17-34(26(32)37)22-10-9-21-24(29-22)35-19-20(18-28(35,4)5)8-6-14-33-15-11-23(30-33)40(38,39)31-25(21)36;1-18(2)10-12-4-3-8-23-9-7-15(21-23)28(26,27)22-17(25)13-5-6-14(19)20-16(13)24(18)11-12;1-10(2,3)5-4-7-12-8-6-11-9(12)13/h9-11,15,20H,6-8,12-14,16-19H2,1-5H3,(H,31,36);5-7,9,12H,3-4,8,10-11H2,1-2H3,(H,22,25);4-8H2,1-3H3,(H,11,13). The molecule has 6 aliphatic heterocycles. The van der Waals surface area contributed by atoms with E-state index in [1.54, 1.807) is 38.8 Å². The van der Waals surface area contributed by atoms with Gasteiger partial charge in [-0.3, -0.25) is 23.9 Å². The SMILES string of the molecule is CC(C)(C)CCCN1CCN(c2ccc3c(n2)N2CC(CCCn4ccc(n4)S(=O)(=O)NC3=O)CC2(C)C)C1=O.CC(C)(C)CCCN1CCNC1=O.CC1(C)CC2CCCn3ccc(n3)S(=O)(=O)NC(=O)c3ccc(Cl)nc3N1C2. The van der Waals surface area contributed by atoms with Crippen LogP contribution < -0.4 is 29.5 Å². The lowest BCUT2D eigenvalue weighted by Crippen LogP contribution is -2.41. The molecule has 4 aromatic rings. The van der Waals surface area contributed by atoms with Crippen molar-refractivity contribution < 1.29 is 36.0 Å². The molecular weight excluding hydrogens is 1100 g/mol. The van der Waals surface area contributed by atoms with Gasteiger partial charge in [0.05, 0.1) is 11.1 Å². The van der Waals surface area contributed by atoms with Gasteiger partial charge in [0.1, 0.15) is 22.6 Å². The first kappa shape index (κ1) is 61.1. The van der Waals surface area contributed by atoms with Gasteiger partial charge in [0.15, 0.2) is 10.1 Å². The molecule has 22 nitrogen and oxygen atoms in total. The number of halogens is 1. The summed E-state index contributed by atoms with van der Waals surface area (Å²) in [6, 6.07) is 9.05. The van der Waals surface area contributed by atoms with Gasteiger partial charge in [0, 0.05) is 88.9 Å². The lowest BCUT2D eigenvalue weighted by molar-refractivity contribution is 0.0972. The van der Waals surface area contributed by atoms with E-state index >= 15 is 0 Å². The Morgan fingerprint density at radius 3 is 1.58 bits per heavy atom. The number of urea groups is 2. The van der Waals surface area contributed by atoms with E-state index in [-0.39, 0.29) is 54.9 Å². The van der Waals surface area contributed by atoms with E-state index in [4.69, 9.17) is 16.6 Å². The lowest BCUT2D eigenvalue weighted by Gasteiger charge is -2.34. The van der Waals surface area contributed by atoms with Crippen LogP contribution in [0.5, 0.6) is 0 Å². The van der Waals surface area contributed by atoms with E-state index in [1.807, 2.05) is 9.80 Å². The number of carbonyl (C=O) groups is 4. The second kappa shape index (κ2) is 24.1. The van der Waals surface area contributed by atoms with Crippen molar-refractivity contribution in [2.24, 2.45) is 22.7 Å². The van der Waals surface area contributed by atoms with Gasteiger partial charge in [0.25, 0.3) is 31.9 Å². The summed E-state index contributed by atoms with van der Waals surface area (Å²) in [5, 5.41) is 11.0. The molecule has 0 aliphatic carbocycles. The highest BCUT2D eigenvalue weighted by atomic mass is 35.5. The zero-order valence-corrected chi connectivity index (χ0v) is 51.2. The number of fused-ring (bicyclic) bond motifs is 12. The summed E-state index contributed by atoms with van der Waals surface area (Å²) in [5.74, 6) is 0.589. The Labute approximate surface area is 483 Å². The van der Waals surface area contributed by atoms with Crippen molar-refractivity contribution in [3.63, 3.8) is 0 Å². The van der Waals surface area contributed by atoms with E-state index in [2.05, 4.69) is 109 Å². The molecule has 0 spiro atoms. The predicted octanol–water partition coefficient (Wildman–Crippen LogP) is 8.15. The average Bonchev–Trinajstić information content (AvgIpc) is 3.67. The molecule has 0 radical (unpaired) electrons. The van der Waals surface area contributed by atoms with Crippen molar-refractivity contribution in [3.05, 3.63) is 65.1 Å². The zero-order chi connectivity index (χ0) is 58.9. The van der Waals surface area contributed by atoms with Gasteiger partial charge in [-0.2, -0.15) is 27.0 Å². The fourth-order valence-corrected chi connectivity index (χ4v) is 13.7. The van der Waals surface area contributed by atoms with E-state index in [0.717, 1.165) is 84.0 Å². The number of sulfonamides is 2. The van der Waals surface area contributed by atoms with Crippen LogP contribution in [0.25, 0.3) is 0 Å². The first-order valence-electron chi connectivity index (χ1n) is 28.4. The molecule has 6 aliphatic rings. The van der Waals surface area contributed by atoms with Crippen LogP contribution >= 0.6 is 11.6 Å². The second-order valence-corrected chi connectivity index (χ2v) is 29.6. The third kappa shape index (κ3) is 15.2. The molecule has 25 heteroatoms. The number of nitrogens with zero attached hydrogens (tertiary/aromatic N) is 11. The fourth-order valence-electron chi connectivity index (χ4n) is 11.8. The molecule has 10 rings (SSSR count). The van der Waals surface area contributed by atoms with Crippen LogP contribution in [0.1, 0.15) is 154 Å².